The second kappa shape index (κ2) is 5.80. The Balaban J connectivity index is 1.85. The molecule has 4 heteroatoms. The van der Waals surface area contributed by atoms with Crippen LogP contribution >= 0.6 is 0 Å². The van der Waals surface area contributed by atoms with Crippen LogP contribution in [0.1, 0.15) is 12.8 Å². The molecule has 0 radical (unpaired) electrons. The average Bonchev–Trinajstić information content (AvgIpc) is 2.77. The van der Waals surface area contributed by atoms with Gasteiger partial charge in [-0.25, -0.2) is 0 Å². The summed E-state index contributed by atoms with van der Waals surface area (Å²) in [6.07, 6.45) is 2.04. The summed E-state index contributed by atoms with van der Waals surface area (Å²) >= 11 is 0. The minimum absolute atomic E-state index is 0.0171. The Kier molecular flexibility index (Phi) is 4.12. The molecule has 1 aliphatic rings. The zero-order valence-corrected chi connectivity index (χ0v) is 9.80. The molecule has 17 heavy (non-hydrogen) atoms. The molecule has 1 amide bonds. The lowest BCUT2D eigenvalue weighted by Crippen LogP contribution is -2.38. The van der Waals surface area contributed by atoms with Crippen LogP contribution in [0.2, 0.25) is 0 Å². The van der Waals surface area contributed by atoms with Crippen LogP contribution in [0.25, 0.3) is 0 Å². The molecule has 1 aliphatic heterocycles. The average molecular weight is 234 g/mol. The maximum absolute atomic E-state index is 11.8. The SMILES string of the molecule is O=C(CN1CCCC1CO)Nc1ccccc1. The van der Waals surface area contributed by atoms with Crippen molar-refractivity contribution in [3.05, 3.63) is 30.3 Å². The Labute approximate surface area is 101 Å². The number of carbonyl (C=O) groups is 1. The summed E-state index contributed by atoms with van der Waals surface area (Å²) < 4.78 is 0. The lowest BCUT2D eigenvalue weighted by atomic mass is 10.2. The standard InChI is InChI=1S/C13H18N2O2/c16-10-12-7-4-8-15(12)9-13(17)14-11-5-2-1-3-6-11/h1-3,5-6,12,16H,4,7-10H2,(H,14,17). The number of aliphatic hydroxyl groups is 1. The molecule has 1 unspecified atom stereocenters. The van der Waals surface area contributed by atoms with Crippen molar-refractivity contribution in [3.63, 3.8) is 0 Å². The zero-order chi connectivity index (χ0) is 12.1. The van der Waals surface area contributed by atoms with Crippen molar-refractivity contribution in [3.8, 4) is 0 Å². The summed E-state index contributed by atoms with van der Waals surface area (Å²) in [4.78, 5) is 13.8. The van der Waals surface area contributed by atoms with E-state index in [1.165, 1.54) is 0 Å². The van der Waals surface area contributed by atoms with Gasteiger partial charge in [-0.1, -0.05) is 18.2 Å². The highest BCUT2D eigenvalue weighted by atomic mass is 16.3. The van der Waals surface area contributed by atoms with E-state index in [9.17, 15) is 4.79 Å². The topological polar surface area (TPSA) is 52.6 Å². The van der Waals surface area contributed by atoms with Gasteiger partial charge in [-0.15, -0.1) is 0 Å². The number of amides is 1. The van der Waals surface area contributed by atoms with E-state index in [0.717, 1.165) is 25.1 Å². The Morgan fingerprint density at radius 2 is 2.18 bits per heavy atom. The van der Waals surface area contributed by atoms with Crippen molar-refractivity contribution >= 4 is 11.6 Å². The van der Waals surface area contributed by atoms with Crippen LogP contribution in [-0.4, -0.2) is 41.7 Å². The first-order valence-corrected chi connectivity index (χ1v) is 5.99. The lowest BCUT2D eigenvalue weighted by Gasteiger charge is -2.21. The number of benzene rings is 1. The maximum Gasteiger partial charge on any atom is 0.238 e. The Morgan fingerprint density at radius 3 is 2.88 bits per heavy atom. The van der Waals surface area contributed by atoms with E-state index in [1.807, 2.05) is 35.2 Å². The van der Waals surface area contributed by atoms with Gasteiger partial charge in [0.05, 0.1) is 13.2 Å². The maximum atomic E-state index is 11.8. The van der Waals surface area contributed by atoms with Crippen molar-refractivity contribution < 1.29 is 9.90 Å². The van der Waals surface area contributed by atoms with E-state index in [1.54, 1.807) is 0 Å². The molecule has 2 rings (SSSR count). The number of rotatable bonds is 4. The normalized spacial score (nSPS) is 20.4. The van der Waals surface area contributed by atoms with E-state index in [-0.39, 0.29) is 18.6 Å². The predicted molar refractivity (Wildman–Crippen MR) is 66.8 cm³/mol. The van der Waals surface area contributed by atoms with Gasteiger partial charge in [0.15, 0.2) is 0 Å². The molecule has 0 saturated carbocycles. The molecule has 4 nitrogen and oxygen atoms in total. The van der Waals surface area contributed by atoms with Gasteiger partial charge in [0.25, 0.3) is 0 Å². The monoisotopic (exact) mass is 234 g/mol. The number of carbonyl (C=O) groups excluding carboxylic acids is 1. The summed E-state index contributed by atoms with van der Waals surface area (Å²) in [7, 11) is 0. The fraction of sp³-hybridized carbons (Fsp3) is 0.462. The molecule has 0 aliphatic carbocycles. The molecule has 0 spiro atoms. The molecule has 1 fully saturated rings. The number of nitrogens with one attached hydrogen (secondary N) is 1. The quantitative estimate of drug-likeness (QED) is 0.819. The molecule has 1 aromatic carbocycles. The van der Waals surface area contributed by atoms with Gasteiger partial charge in [0.1, 0.15) is 0 Å². The van der Waals surface area contributed by atoms with Crippen LogP contribution < -0.4 is 5.32 Å². The first-order chi connectivity index (χ1) is 8.29. The molecule has 0 bridgehead atoms. The van der Waals surface area contributed by atoms with Crippen LogP contribution in [0.15, 0.2) is 30.3 Å². The van der Waals surface area contributed by atoms with Crippen molar-refractivity contribution in [2.75, 3.05) is 25.0 Å². The first kappa shape index (κ1) is 12.1. The first-order valence-electron chi connectivity index (χ1n) is 5.99. The number of hydrogen-bond acceptors (Lipinski definition) is 3. The van der Waals surface area contributed by atoms with Crippen molar-refractivity contribution in [1.29, 1.82) is 0 Å². The highest BCUT2D eigenvalue weighted by Crippen LogP contribution is 2.16. The minimum atomic E-state index is -0.0171. The van der Waals surface area contributed by atoms with E-state index >= 15 is 0 Å². The van der Waals surface area contributed by atoms with Gasteiger partial charge in [-0.2, -0.15) is 0 Å². The Bertz CT molecular complexity index is 367. The molecule has 1 saturated heterocycles. The Morgan fingerprint density at radius 1 is 1.41 bits per heavy atom. The number of anilines is 1. The summed E-state index contributed by atoms with van der Waals surface area (Å²) in [5, 5.41) is 12.0. The van der Waals surface area contributed by atoms with Crippen LogP contribution in [-0.2, 0) is 4.79 Å². The molecule has 2 N–H and O–H groups in total. The van der Waals surface area contributed by atoms with Gasteiger partial charge in [0, 0.05) is 11.7 Å². The van der Waals surface area contributed by atoms with E-state index in [0.29, 0.717) is 6.54 Å². The van der Waals surface area contributed by atoms with Crippen molar-refractivity contribution in [2.24, 2.45) is 0 Å². The number of aliphatic hydroxyl groups excluding tert-OH is 1. The van der Waals surface area contributed by atoms with E-state index < -0.39 is 0 Å². The van der Waals surface area contributed by atoms with Crippen molar-refractivity contribution in [2.45, 2.75) is 18.9 Å². The summed E-state index contributed by atoms with van der Waals surface area (Å²) in [6.45, 7) is 1.40. The largest absolute Gasteiger partial charge is 0.395 e. The van der Waals surface area contributed by atoms with E-state index in [2.05, 4.69) is 5.32 Å². The molecule has 0 aromatic heterocycles. The second-order valence-electron chi connectivity index (χ2n) is 4.36. The van der Waals surface area contributed by atoms with Gasteiger partial charge in [-0.05, 0) is 31.5 Å². The molecular weight excluding hydrogens is 216 g/mol. The molecule has 92 valence electrons. The smallest absolute Gasteiger partial charge is 0.238 e. The Hall–Kier alpha value is -1.39. The van der Waals surface area contributed by atoms with Gasteiger partial charge in [0.2, 0.25) is 5.91 Å². The molecule has 1 heterocycles. The van der Waals surface area contributed by atoms with Gasteiger partial charge in [-0.3, -0.25) is 9.69 Å². The third-order valence-corrected chi connectivity index (χ3v) is 3.11. The number of para-hydroxylation sites is 1. The highest BCUT2D eigenvalue weighted by Gasteiger charge is 2.25. The van der Waals surface area contributed by atoms with Crippen LogP contribution in [0.4, 0.5) is 5.69 Å². The number of nitrogens with zero attached hydrogens (tertiary/aromatic N) is 1. The number of likely N-dealkylation sites (tertiary alicyclic amines) is 1. The van der Waals surface area contributed by atoms with E-state index in [4.69, 9.17) is 5.11 Å². The molecular formula is C13H18N2O2. The molecule has 1 aromatic rings. The van der Waals surface area contributed by atoms with Crippen LogP contribution in [0, 0.1) is 0 Å². The van der Waals surface area contributed by atoms with Gasteiger partial charge >= 0.3 is 0 Å². The summed E-state index contributed by atoms with van der Waals surface area (Å²) in [5.41, 5.74) is 0.817. The highest BCUT2D eigenvalue weighted by molar-refractivity contribution is 5.92. The van der Waals surface area contributed by atoms with Crippen LogP contribution in [0.3, 0.4) is 0 Å². The van der Waals surface area contributed by atoms with Crippen LogP contribution in [0.5, 0.6) is 0 Å². The third kappa shape index (κ3) is 3.28. The van der Waals surface area contributed by atoms with Gasteiger partial charge < -0.3 is 10.4 Å². The third-order valence-electron chi connectivity index (χ3n) is 3.11. The number of hydrogen-bond donors (Lipinski definition) is 2. The predicted octanol–water partition coefficient (Wildman–Crippen LogP) is 1.08. The summed E-state index contributed by atoms with van der Waals surface area (Å²) in [6, 6.07) is 9.58. The fourth-order valence-corrected chi connectivity index (χ4v) is 2.22. The fourth-order valence-electron chi connectivity index (χ4n) is 2.22. The summed E-state index contributed by atoms with van der Waals surface area (Å²) in [5.74, 6) is -0.0171. The minimum Gasteiger partial charge on any atom is -0.395 e. The zero-order valence-electron chi connectivity index (χ0n) is 9.80. The van der Waals surface area contributed by atoms with Crippen molar-refractivity contribution in [1.82, 2.24) is 4.90 Å². The molecule has 1 atom stereocenters. The lowest BCUT2D eigenvalue weighted by molar-refractivity contribution is -0.117. The second-order valence-corrected chi connectivity index (χ2v) is 4.36.